The minimum Gasteiger partial charge on any atom is -0.481 e. The number of furan rings is 1. The Morgan fingerprint density at radius 3 is 2.64 bits per heavy atom. The van der Waals surface area contributed by atoms with Crippen molar-refractivity contribution in [2.24, 2.45) is 5.92 Å². The molecule has 3 rings (SSSR count). The first-order chi connectivity index (χ1) is 13.3. The predicted molar refractivity (Wildman–Crippen MR) is 98.4 cm³/mol. The number of hydrogen-bond donors (Lipinski definition) is 2. The number of aryl methyl sites for hydroxylation is 1. The number of carbonyl (C=O) groups is 3. The molecule has 8 heteroatoms. The van der Waals surface area contributed by atoms with Crippen molar-refractivity contribution in [1.82, 2.24) is 4.90 Å². The minimum absolute atomic E-state index is 0.140. The van der Waals surface area contributed by atoms with Gasteiger partial charge in [-0.15, -0.1) is 0 Å². The second-order valence-corrected chi connectivity index (χ2v) is 6.85. The van der Waals surface area contributed by atoms with Crippen LogP contribution >= 0.6 is 0 Å². The fourth-order valence-electron chi connectivity index (χ4n) is 3.37. The number of benzene rings is 1. The van der Waals surface area contributed by atoms with Crippen LogP contribution in [0, 0.1) is 18.7 Å². The molecule has 0 bridgehead atoms. The Balaban J connectivity index is 1.61. The van der Waals surface area contributed by atoms with Gasteiger partial charge in [0, 0.05) is 30.3 Å². The number of amides is 2. The lowest BCUT2D eigenvalue weighted by Crippen LogP contribution is -2.41. The van der Waals surface area contributed by atoms with E-state index in [1.807, 2.05) is 0 Å². The van der Waals surface area contributed by atoms with Gasteiger partial charge in [0.05, 0.1) is 11.8 Å². The number of hydrogen-bond acceptors (Lipinski definition) is 4. The lowest BCUT2D eigenvalue weighted by molar-refractivity contribution is -0.136. The zero-order valence-electron chi connectivity index (χ0n) is 15.4. The van der Waals surface area contributed by atoms with Gasteiger partial charge >= 0.3 is 5.97 Å². The highest BCUT2D eigenvalue weighted by molar-refractivity contribution is 5.98. The van der Waals surface area contributed by atoms with Crippen LogP contribution in [0.1, 0.15) is 34.5 Å². The molecule has 148 valence electrons. The van der Waals surface area contributed by atoms with E-state index in [4.69, 9.17) is 9.52 Å². The largest absolute Gasteiger partial charge is 0.481 e. The van der Waals surface area contributed by atoms with E-state index in [2.05, 4.69) is 5.32 Å². The van der Waals surface area contributed by atoms with Gasteiger partial charge in [0.15, 0.2) is 0 Å². The molecule has 1 aliphatic heterocycles. The molecule has 0 spiro atoms. The Morgan fingerprint density at radius 2 is 2.00 bits per heavy atom. The van der Waals surface area contributed by atoms with E-state index >= 15 is 0 Å². The molecule has 28 heavy (non-hydrogen) atoms. The van der Waals surface area contributed by atoms with E-state index in [1.165, 1.54) is 24.5 Å². The first-order valence-electron chi connectivity index (χ1n) is 8.99. The van der Waals surface area contributed by atoms with Crippen LogP contribution in [0.4, 0.5) is 10.1 Å². The highest BCUT2D eigenvalue weighted by atomic mass is 19.1. The van der Waals surface area contributed by atoms with Crippen molar-refractivity contribution < 1.29 is 28.3 Å². The van der Waals surface area contributed by atoms with Gasteiger partial charge < -0.3 is 19.7 Å². The van der Waals surface area contributed by atoms with Crippen LogP contribution in [0.15, 0.2) is 34.9 Å². The quantitative estimate of drug-likeness (QED) is 0.820. The van der Waals surface area contributed by atoms with E-state index in [-0.39, 0.29) is 35.5 Å². The van der Waals surface area contributed by atoms with Crippen molar-refractivity contribution in [3.63, 3.8) is 0 Å². The molecule has 2 heterocycles. The zero-order valence-corrected chi connectivity index (χ0v) is 15.4. The molecule has 0 atom stereocenters. The Hall–Kier alpha value is -3.16. The van der Waals surface area contributed by atoms with Gasteiger partial charge in [0.25, 0.3) is 5.91 Å². The number of likely N-dealkylation sites (tertiary alicyclic amines) is 1. The molecule has 0 aliphatic carbocycles. The summed E-state index contributed by atoms with van der Waals surface area (Å²) in [7, 11) is 0. The predicted octanol–water partition coefficient (Wildman–Crippen LogP) is 2.85. The monoisotopic (exact) mass is 388 g/mol. The van der Waals surface area contributed by atoms with E-state index in [0.29, 0.717) is 37.2 Å². The second kappa shape index (κ2) is 8.24. The molecule has 1 aromatic heterocycles. The number of carbonyl (C=O) groups excluding carboxylic acids is 2. The molecule has 2 aromatic rings. The molecule has 1 aromatic carbocycles. The van der Waals surface area contributed by atoms with Gasteiger partial charge in [-0.1, -0.05) is 6.07 Å². The number of halogens is 1. The summed E-state index contributed by atoms with van der Waals surface area (Å²) in [6, 6.07) is 5.69. The molecule has 0 radical (unpaired) electrons. The summed E-state index contributed by atoms with van der Waals surface area (Å²) in [4.78, 5) is 37.8. The fraction of sp³-hybridized carbons (Fsp3) is 0.350. The van der Waals surface area contributed by atoms with Crippen LogP contribution in [-0.2, 0) is 16.0 Å². The molecule has 0 saturated carbocycles. The Labute approximate surface area is 161 Å². The van der Waals surface area contributed by atoms with Crippen LogP contribution in [0.3, 0.4) is 0 Å². The van der Waals surface area contributed by atoms with Gasteiger partial charge in [-0.05, 0) is 38.0 Å². The molecule has 2 amide bonds. The highest BCUT2D eigenvalue weighted by Gasteiger charge is 2.30. The third-order valence-electron chi connectivity index (χ3n) is 4.82. The first kappa shape index (κ1) is 19.6. The number of aliphatic carboxylic acids is 1. The third-order valence-corrected chi connectivity index (χ3v) is 4.82. The highest BCUT2D eigenvalue weighted by Crippen LogP contribution is 2.24. The van der Waals surface area contributed by atoms with Crippen LogP contribution in [0.5, 0.6) is 0 Å². The van der Waals surface area contributed by atoms with Crippen molar-refractivity contribution in [3.8, 4) is 0 Å². The number of nitrogens with one attached hydrogen (secondary N) is 1. The molecule has 1 saturated heterocycles. The van der Waals surface area contributed by atoms with E-state index in [0.717, 1.165) is 0 Å². The van der Waals surface area contributed by atoms with Crippen molar-refractivity contribution in [3.05, 3.63) is 53.2 Å². The van der Waals surface area contributed by atoms with Crippen LogP contribution < -0.4 is 5.32 Å². The summed E-state index contributed by atoms with van der Waals surface area (Å²) in [5.74, 6) is -2.13. The number of rotatable bonds is 5. The summed E-state index contributed by atoms with van der Waals surface area (Å²) in [5, 5.41) is 11.7. The average Bonchev–Trinajstić information content (AvgIpc) is 3.00. The lowest BCUT2D eigenvalue weighted by Gasteiger charge is -2.31. The number of anilines is 1. The molecule has 7 nitrogen and oxygen atoms in total. The minimum atomic E-state index is -1.07. The average molecular weight is 388 g/mol. The maximum absolute atomic E-state index is 13.2. The molecular weight excluding hydrogens is 367 g/mol. The standard InChI is InChI=1S/C20H21FN2O5/c1-12-11-28-16(10-17(24)25)18(12)20(27)23-7-5-13(6-8-23)19(26)22-15-4-2-3-14(21)9-15/h2-4,9,11,13H,5-8,10H2,1H3,(H,22,26)(H,24,25). The van der Waals surface area contributed by atoms with Crippen LogP contribution in [-0.4, -0.2) is 40.9 Å². The van der Waals surface area contributed by atoms with Crippen molar-refractivity contribution in [1.29, 1.82) is 0 Å². The molecular formula is C20H21FN2O5. The maximum atomic E-state index is 13.2. The van der Waals surface area contributed by atoms with Gasteiger partial charge in [0.1, 0.15) is 18.0 Å². The van der Waals surface area contributed by atoms with E-state index in [1.54, 1.807) is 17.9 Å². The summed E-state index contributed by atoms with van der Waals surface area (Å²) in [6.45, 7) is 2.44. The van der Waals surface area contributed by atoms with Crippen molar-refractivity contribution in [2.45, 2.75) is 26.2 Å². The Kier molecular flexibility index (Phi) is 5.77. The van der Waals surface area contributed by atoms with E-state index < -0.39 is 11.8 Å². The topological polar surface area (TPSA) is 99.8 Å². The zero-order chi connectivity index (χ0) is 20.3. The fourth-order valence-corrected chi connectivity index (χ4v) is 3.37. The second-order valence-electron chi connectivity index (χ2n) is 6.85. The van der Waals surface area contributed by atoms with Gasteiger partial charge in [-0.3, -0.25) is 14.4 Å². The van der Waals surface area contributed by atoms with Crippen LogP contribution in [0.2, 0.25) is 0 Å². The maximum Gasteiger partial charge on any atom is 0.311 e. The normalized spacial score (nSPS) is 14.7. The number of nitrogens with zero attached hydrogens (tertiary/aromatic N) is 1. The van der Waals surface area contributed by atoms with Crippen LogP contribution in [0.25, 0.3) is 0 Å². The van der Waals surface area contributed by atoms with E-state index in [9.17, 15) is 18.8 Å². The summed E-state index contributed by atoms with van der Waals surface area (Å²) in [5.41, 5.74) is 1.27. The smallest absolute Gasteiger partial charge is 0.311 e. The van der Waals surface area contributed by atoms with Gasteiger partial charge in [-0.25, -0.2) is 4.39 Å². The Morgan fingerprint density at radius 1 is 1.29 bits per heavy atom. The summed E-state index contributed by atoms with van der Waals surface area (Å²) < 4.78 is 18.5. The number of carboxylic acid groups (broad SMARTS) is 1. The molecule has 1 aliphatic rings. The van der Waals surface area contributed by atoms with Gasteiger partial charge in [-0.2, -0.15) is 0 Å². The number of piperidine rings is 1. The number of carboxylic acids is 1. The SMILES string of the molecule is Cc1coc(CC(=O)O)c1C(=O)N1CCC(C(=O)Nc2cccc(F)c2)CC1. The molecule has 1 fully saturated rings. The van der Waals surface area contributed by atoms with Gasteiger partial charge in [0.2, 0.25) is 5.91 Å². The lowest BCUT2D eigenvalue weighted by atomic mass is 9.95. The van der Waals surface area contributed by atoms with Crippen molar-refractivity contribution >= 4 is 23.5 Å². The molecule has 2 N–H and O–H groups in total. The summed E-state index contributed by atoms with van der Waals surface area (Å²) >= 11 is 0. The summed E-state index contributed by atoms with van der Waals surface area (Å²) in [6.07, 6.45) is 1.96. The third kappa shape index (κ3) is 4.39. The molecule has 0 unspecified atom stereocenters. The Bertz CT molecular complexity index is 900. The van der Waals surface area contributed by atoms with Crippen molar-refractivity contribution in [2.75, 3.05) is 18.4 Å². The first-order valence-corrected chi connectivity index (χ1v) is 8.99.